The Morgan fingerprint density at radius 3 is 2.56 bits per heavy atom. The molecule has 2 aromatic carbocycles. The van der Waals surface area contributed by atoms with Crippen LogP contribution < -0.4 is 11.1 Å². The first-order valence-electron chi connectivity index (χ1n) is 7.64. The summed E-state index contributed by atoms with van der Waals surface area (Å²) in [6.07, 6.45) is 0. The van der Waals surface area contributed by atoms with Gasteiger partial charge in [0, 0.05) is 6.07 Å². The Bertz CT molecular complexity index is 904. The van der Waals surface area contributed by atoms with Crippen molar-refractivity contribution in [1.29, 1.82) is 0 Å². The van der Waals surface area contributed by atoms with E-state index in [9.17, 15) is 19.7 Å². The van der Waals surface area contributed by atoms with Gasteiger partial charge < -0.3 is 15.8 Å². The molecule has 0 aromatic heterocycles. The van der Waals surface area contributed by atoms with Gasteiger partial charge in [-0.2, -0.15) is 0 Å². The van der Waals surface area contributed by atoms with Crippen molar-refractivity contribution >= 4 is 46.5 Å². The minimum absolute atomic E-state index is 0.0789. The number of anilines is 1. The number of esters is 1. The van der Waals surface area contributed by atoms with Crippen LogP contribution in [0.2, 0.25) is 10.0 Å². The van der Waals surface area contributed by atoms with E-state index in [1.165, 1.54) is 12.1 Å². The Balaban J connectivity index is 1.94. The van der Waals surface area contributed by atoms with Crippen LogP contribution in [0.15, 0.2) is 36.4 Å². The lowest BCUT2D eigenvalue weighted by Gasteiger charge is -2.15. The number of nitrogens with two attached hydrogens (primary N) is 1. The van der Waals surface area contributed by atoms with E-state index in [1.807, 2.05) is 0 Å². The third kappa shape index (κ3) is 5.32. The SMILES string of the molecule is C[C@H](NC(=O)COC(=O)c1ccc(N)c([N+](=O)[O-])c1)c1ccc(Cl)c(Cl)c1. The molecule has 2 aromatic rings. The van der Waals surface area contributed by atoms with Crippen LogP contribution in [0, 0.1) is 10.1 Å². The van der Waals surface area contributed by atoms with E-state index in [-0.39, 0.29) is 11.3 Å². The predicted molar refractivity (Wildman–Crippen MR) is 101 cm³/mol. The lowest BCUT2D eigenvalue weighted by Crippen LogP contribution is -2.31. The first kappa shape index (κ1) is 20.5. The number of halogens is 2. The quantitative estimate of drug-likeness (QED) is 0.324. The van der Waals surface area contributed by atoms with Gasteiger partial charge in [-0.1, -0.05) is 29.3 Å². The van der Waals surface area contributed by atoms with Gasteiger partial charge in [0.1, 0.15) is 5.69 Å². The summed E-state index contributed by atoms with van der Waals surface area (Å²) in [5.41, 5.74) is 5.61. The zero-order valence-corrected chi connectivity index (χ0v) is 15.6. The summed E-state index contributed by atoms with van der Waals surface area (Å²) in [6.45, 7) is 1.17. The smallest absolute Gasteiger partial charge is 0.338 e. The number of hydrogen-bond donors (Lipinski definition) is 2. The molecule has 0 bridgehead atoms. The highest BCUT2D eigenvalue weighted by Crippen LogP contribution is 2.25. The molecule has 0 heterocycles. The number of ether oxygens (including phenoxy) is 1. The van der Waals surface area contributed by atoms with Crippen molar-refractivity contribution in [2.24, 2.45) is 0 Å². The van der Waals surface area contributed by atoms with E-state index in [0.29, 0.717) is 10.0 Å². The maximum absolute atomic E-state index is 12.0. The number of benzene rings is 2. The summed E-state index contributed by atoms with van der Waals surface area (Å²) in [6, 6.07) is 8.03. The lowest BCUT2D eigenvalue weighted by atomic mass is 10.1. The number of nitrogens with zero attached hydrogens (tertiary/aromatic N) is 1. The molecule has 1 atom stereocenters. The summed E-state index contributed by atoms with van der Waals surface area (Å²) in [7, 11) is 0. The Labute approximate surface area is 164 Å². The largest absolute Gasteiger partial charge is 0.452 e. The van der Waals surface area contributed by atoms with Crippen LogP contribution in [0.25, 0.3) is 0 Å². The minimum Gasteiger partial charge on any atom is -0.452 e. The van der Waals surface area contributed by atoms with Crippen LogP contribution in [-0.4, -0.2) is 23.4 Å². The number of nitro benzene ring substituents is 1. The van der Waals surface area contributed by atoms with E-state index in [4.69, 9.17) is 33.7 Å². The number of nitrogens with one attached hydrogen (secondary N) is 1. The van der Waals surface area contributed by atoms with Crippen LogP contribution >= 0.6 is 23.2 Å². The molecule has 0 fully saturated rings. The van der Waals surface area contributed by atoms with Crippen molar-refractivity contribution in [2.45, 2.75) is 13.0 Å². The fraction of sp³-hybridized carbons (Fsp3) is 0.176. The maximum Gasteiger partial charge on any atom is 0.338 e. The molecular weight excluding hydrogens is 397 g/mol. The molecule has 10 heteroatoms. The Morgan fingerprint density at radius 2 is 1.93 bits per heavy atom. The molecule has 8 nitrogen and oxygen atoms in total. The van der Waals surface area contributed by atoms with E-state index in [0.717, 1.165) is 11.6 Å². The Kier molecular flexibility index (Phi) is 6.59. The van der Waals surface area contributed by atoms with Crippen molar-refractivity contribution < 1.29 is 19.2 Å². The molecule has 3 N–H and O–H groups in total. The number of carbonyl (C=O) groups is 2. The highest BCUT2D eigenvalue weighted by molar-refractivity contribution is 6.42. The Hall–Kier alpha value is -2.84. The van der Waals surface area contributed by atoms with Gasteiger partial charge >= 0.3 is 5.97 Å². The van der Waals surface area contributed by atoms with Crippen molar-refractivity contribution in [1.82, 2.24) is 5.32 Å². The molecule has 142 valence electrons. The van der Waals surface area contributed by atoms with Crippen molar-refractivity contribution in [3.63, 3.8) is 0 Å². The number of rotatable bonds is 6. The van der Waals surface area contributed by atoms with Crippen molar-refractivity contribution in [3.8, 4) is 0 Å². The second kappa shape index (κ2) is 8.70. The summed E-state index contributed by atoms with van der Waals surface area (Å²) in [5.74, 6) is -1.43. The third-order valence-corrected chi connectivity index (χ3v) is 4.36. The molecule has 0 aliphatic carbocycles. The number of hydrogen-bond acceptors (Lipinski definition) is 6. The average molecular weight is 412 g/mol. The topological polar surface area (TPSA) is 125 Å². The first-order chi connectivity index (χ1) is 12.7. The van der Waals surface area contributed by atoms with Gasteiger partial charge in [-0.3, -0.25) is 14.9 Å². The second-order valence-corrected chi connectivity index (χ2v) is 6.38. The summed E-state index contributed by atoms with van der Waals surface area (Å²) >= 11 is 11.8. The van der Waals surface area contributed by atoms with Gasteiger partial charge in [0.2, 0.25) is 0 Å². The minimum atomic E-state index is -0.879. The molecule has 0 radical (unpaired) electrons. The second-order valence-electron chi connectivity index (χ2n) is 5.57. The van der Waals surface area contributed by atoms with Gasteiger partial charge in [0.15, 0.2) is 6.61 Å². The van der Waals surface area contributed by atoms with Gasteiger partial charge in [0.05, 0.1) is 26.6 Å². The van der Waals surface area contributed by atoms with Gasteiger partial charge in [0.25, 0.3) is 11.6 Å². The molecule has 2 rings (SSSR count). The fourth-order valence-corrected chi connectivity index (χ4v) is 2.50. The monoisotopic (exact) mass is 411 g/mol. The van der Waals surface area contributed by atoms with Crippen LogP contribution in [-0.2, 0) is 9.53 Å². The standard InChI is InChI=1S/C17H15Cl2N3O5/c1-9(10-2-4-12(18)13(19)6-10)21-16(23)8-27-17(24)11-3-5-14(20)15(7-11)22(25)26/h2-7,9H,8,20H2,1H3,(H,21,23)/t9-/m0/s1. The van der Waals surface area contributed by atoms with E-state index >= 15 is 0 Å². The van der Waals surface area contributed by atoms with Crippen LogP contribution in [0.1, 0.15) is 28.9 Å². The molecular formula is C17H15Cl2N3O5. The van der Waals surface area contributed by atoms with E-state index in [2.05, 4.69) is 5.32 Å². The average Bonchev–Trinajstić information content (AvgIpc) is 2.62. The number of nitro groups is 1. The molecule has 0 saturated carbocycles. The molecule has 1 amide bonds. The van der Waals surface area contributed by atoms with Crippen LogP contribution in [0.3, 0.4) is 0 Å². The van der Waals surface area contributed by atoms with Gasteiger partial charge in [-0.05, 0) is 36.8 Å². The van der Waals surface area contributed by atoms with Crippen molar-refractivity contribution in [3.05, 3.63) is 67.7 Å². The van der Waals surface area contributed by atoms with Gasteiger partial charge in [-0.15, -0.1) is 0 Å². The molecule has 27 heavy (non-hydrogen) atoms. The first-order valence-corrected chi connectivity index (χ1v) is 8.40. The zero-order chi connectivity index (χ0) is 20.1. The third-order valence-electron chi connectivity index (χ3n) is 3.62. The summed E-state index contributed by atoms with van der Waals surface area (Å²) in [4.78, 5) is 34.1. The number of amides is 1. The predicted octanol–water partition coefficient (Wildman–Crippen LogP) is 3.52. The fourth-order valence-electron chi connectivity index (χ4n) is 2.19. The molecule has 0 spiro atoms. The maximum atomic E-state index is 12.0. The Morgan fingerprint density at radius 1 is 1.22 bits per heavy atom. The van der Waals surface area contributed by atoms with Gasteiger partial charge in [-0.25, -0.2) is 4.79 Å². The number of carbonyl (C=O) groups excluding carboxylic acids is 2. The van der Waals surface area contributed by atoms with E-state index < -0.39 is 35.1 Å². The zero-order valence-electron chi connectivity index (χ0n) is 14.1. The molecule has 0 aliphatic rings. The molecule has 0 unspecified atom stereocenters. The normalized spacial score (nSPS) is 11.5. The number of nitrogen functional groups attached to an aromatic ring is 1. The van der Waals surface area contributed by atoms with Crippen LogP contribution in [0.5, 0.6) is 0 Å². The summed E-state index contributed by atoms with van der Waals surface area (Å²) < 4.78 is 4.88. The van der Waals surface area contributed by atoms with Crippen LogP contribution in [0.4, 0.5) is 11.4 Å². The van der Waals surface area contributed by atoms with E-state index in [1.54, 1.807) is 25.1 Å². The highest BCUT2D eigenvalue weighted by Gasteiger charge is 2.18. The lowest BCUT2D eigenvalue weighted by molar-refractivity contribution is -0.383. The highest BCUT2D eigenvalue weighted by atomic mass is 35.5. The molecule has 0 aliphatic heterocycles. The van der Waals surface area contributed by atoms with Crippen molar-refractivity contribution in [2.75, 3.05) is 12.3 Å². The summed E-state index contributed by atoms with van der Waals surface area (Å²) in [5, 5.41) is 14.2. The molecule has 0 saturated heterocycles.